The molecule has 0 saturated carbocycles. The Morgan fingerprint density at radius 2 is 1.30 bits per heavy atom. The lowest BCUT2D eigenvalue weighted by Gasteiger charge is -2.48. The van der Waals surface area contributed by atoms with Gasteiger partial charge in [0.05, 0.1) is 6.61 Å². The minimum atomic E-state index is -3.51. The van der Waals surface area contributed by atoms with Crippen LogP contribution >= 0.6 is 0 Å². The highest BCUT2D eigenvalue weighted by Crippen LogP contribution is 2.37. The normalized spacial score (nSPS) is 16.4. The van der Waals surface area contributed by atoms with Crippen molar-refractivity contribution in [1.82, 2.24) is 0 Å². The van der Waals surface area contributed by atoms with Gasteiger partial charge in [0.2, 0.25) is 0 Å². The average Bonchev–Trinajstić information content (AvgIpc) is 2.73. The van der Waals surface area contributed by atoms with Crippen molar-refractivity contribution < 1.29 is 32.2 Å². The molecule has 0 aliphatic rings. The van der Waals surface area contributed by atoms with Gasteiger partial charge in [-0.05, 0) is 47.0 Å². The van der Waals surface area contributed by atoms with E-state index in [9.17, 15) is 0 Å². The van der Waals surface area contributed by atoms with Crippen molar-refractivity contribution in [2.45, 2.75) is 105 Å². The van der Waals surface area contributed by atoms with E-state index in [0.29, 0.717) is 39.5 Å². The molecule has 8 heteroatoms. The van der Waals surface area contributed by atoms with Crippen LogP contribution in [0.4, 0.5) is 0 Å². The fraction of sp³-hybridized carbons (Fsp3) is 1.00. The molecule has 0 aromatic rings. The van der Waals surface area contributed by atoms with Crippen molar-refractivity contribution >= 4 is 8.80 Å². The number of rotatable bonds is 21. The summed E-state index contributed by atoms with van der Waals surface area (Å²) in [6.45, 7) is 16.4. The summed E-state index contributed by atoms with van der Waals surface area (Å²) in [7, 11) is -1.86. The molecule has 0 spiro atoms. The molecule has 0 heterocycles. The number of methoxy groups -OCH3 is 1. The molecule has 0 N–H and O–H groups in total. The van der Waals surface area contributed by atoms with Gasteiger partial charge in [-0.1, -0.05) is 40.0 Å². The van der Waals surface area contributed by atoms with Gasteiger partial charge in [-0.25, -0.2) is 0 Å². The van der Waals surface area contributed by atoms with Gasteiger partial charge in [0, 0.05) is 33.5 Å². The lowest BCUT2D eigenvalue weighted by atomic mass is 10.3. The SMILES string of the molecule is CCCCOC(C)C(OCCCC)(OC(CCC)OC)[Si](OCC)(OCC)OCC. The van der Waals surface area contributed by atoms with Crippen molar-refractivity contribution in [3.05, 3.63) is 0 Å². The molecule has 0 fully saturated rings. The predicted molar refractivity (Wildman–Crippen MR) is 121 cm³/mol. The molecule has 0 bridgehead atoms. The maximum Gasteiger partial charge on any atom is 0.566 e. The first-order valence-corrected chi connectivity index (χ1v) is 13.6. The molecule has 0 aliphatic heterocycles. The second-order valence-electron chi connectivity index (χ2n) is 7.16. The minimum Gasteiger partial charge on any atom is -0.373 e. The lowest BCUT2D eigenvalue weighted by Crippen LogP contribution is -2.73. The van der Waals surface area contributed by atoms with Crippen LogP contribution < -0.4 is 0 Å². The molecule has 0 rings (SSSR count). The van der Waals surface area contributed by atoms with Gasteiger partial charge in [0.25, 0.3) is 5.41 Å². The molecule has 0 radical (unpaired) electrons. The first kappa shape index (κ1) is 29.9. The summed E-state index contributed by atoms with van der Waals surface area (Å²) in [6, 6.07) is 0. The van der Waals surface area contributed by atoms with Crippen molar-refractivity contribution in [3.63, 3.8) is 0 Å². The first-order chi connectivity index (χ1) is 14.5. The average molecular weight is 453 g/mol. The quantitative estimate of drug-likeness (QED) is 0.137. The number of hydrogen-bond donors (Lipinski definition) is 0. The molecule has 3 atom stereocenters. The second-order valence-corrected chi connectivity index (χ2v) is 9.84. The van der Waals surface area contributed by atoms with E-state index in [4.69, 9.17) is 32.2 Å². The molecule has 182 valence electrons. The Bertz CT molecular complexity index is 383. The molecular formula is C22H48O7Si. The van der Waals surface area contributed by atoms with Crippen LogP contribution in [0, 0.1) is 0 Å². The Labute approximate surface area is 186 Å². The standard InChI is InChI=1S/C22H48O7Si/c1-9-15-18-24-20(7)22(25-19-16-10-2,29-21(23-8)17-11-3)30(26-12-4,27-13-5)28-14-6/h20-21H,9-19H2,1-8H3. The molecule has 0 saturated heterocycles. The van der Waals surface area contributed by atoms with Crippen LogP contribution in [0.3, 0.4) is 0 Å². The van der Waals surface area contributed by atoms with Crippen molar-refractivity contribution in [2.75, 3.05) is 40.1 Å². The monoisotopic (exact) mass is 452 g/mol. The molecule has 30 heavy (non-hydrogen) atoms. The molecule has 0 aromatic heterocycles. The van der Waals surface area contributed by atoms with Crippen molar-refractivity contribution in [2.24, 2.45) is 0 Å². The van der Waals surface area contributed by atoms with E-state index in [0.717, 1.165) is 32.1 Å². The van der Waals surface area contributed by atoms with Gasteiger partial charge in [-0.2, -0.15) is 0 Å². The third kappa shape index (κ3) is 8.82. The number of hydrogen-bond acceptors (Lipinski definition) is 7. The van der Waals surface area contributed by atoms with E-state index < -0.39 is 26.6 Å². The Morgan fingerprint density at radius 1 is 0.767 bits per heavy atom. The maximum absolute atomic E-state index is 6.61. The smallest absolute Gasteiger partial charge is 0.373 e. The van der Waals surface area contributed by atoms with Crippen LogP contribution in [-0.4, -0.2) is 66.8 Å². The molecule has 0 aliphatic carbocycles. The number of ether oxygens (including phenoxy) is 4. The maximum atomic E-state index is 6.61. The zero-order valence-corrected chi connectivity index (χ0v) is 21.8. The highest BCUT2D eigenvalue weighted by atomic mass is 28.4. The fourth-order valence-electron chi connectivity index (χ4n) is 3.19. The summed E-state index contributed by atoms with van der Waals surface area (Å²) < 4.78 is 43.8. The third-order valence-electron chi connectivity index (χ3n) is 4.74. The summed E-state index contributed by atoms with van der Waals surface area (Å²) in [5.74, 6) is 0. The summed E-state index contributed by atoms with van der Waals surface area (Å²) in [4.78, 5) is 0. The third-order valence-corrected chi connectivity index (χ3v) is 8.27. The zero-order valence-electron chi connectivity index (χ0n) is 20.8. The van der Waals surface area contributed by atoms with Gasteiger partial charge in [0.1, 0.15) is 6.10 Å². The summed E-state index contributed by atoms with van der Waals surface area (Å²) in [5, 5.41) is 0. The van der Waals surface area contributed by atoms with E-state index in [1.807, 2.05) is 27.7 Å². The summed E-state index contributed by atoms with van der Waals surface area (Å²) in [5.41, 5.74) is -1.33. The van der Waals surface area contributed by atoms with Gasteiger partial charge in [-0.15, -0.1) is 0 Å². The van der Waals surface area contributed by atoms with E-state index in [1.54, 1.807) is 7.11 Å². The zero-order chi connectivity index (χ0) is 22.9. The molecule has 0 aromatic carbocycles. The van der Waals surface area contributed by atoms with Gasteiger partial charge in [0.15, 0.2) is 6.29 Å². The van der Waals surface area contributed by atoms with Crippen LogP contribution in [0.5, 0.6) is 0 Å². The van der Waals surface area contributed by atoms with Crippen LogP contribution in [-0.2, 0) is 32.2 Å². The highest BCUT2D eigenvalue weighted by molar-refractivity contribution is 6.63. The van der Waals surface area contributed by atoms with Crippen molar-refractivity contribution in [3.8, 4) is 0 Å². The molecule has 3 unspecified atom stereocenters. The molecular weight excluding hydrogens is 404 g/mol. The van der Waals surface area contributed by atoms with Crippen LogP contribution in [0.1, 0.15) is 87.0 Å². The Hall–Kier alpha value is -0.0631. The Morgan fingerprint density at radius 3 is 1.73 bits per heavy atom. The first-order valence-electron chi connectivity index (χ1n) is 11.8. The highest BCUT2D eigenvalue weighted by Gasteiger charge is 2.68. The van der Waals surface area contributed by atoms with Crippen LogP contribution in [0.25, 0.3) is 0 Å². The molecule has 7 nitrogen and oxygen atoms in total. The van der Waals surface area contributed by atoms with E-state index >= 15 is 0 Å². The summed E-state index contributed by atoms with van der Waals surface area (Å²) >= 11 is 0. The number of unbranched alkanes of at least 4 members (excludes halogenated alkanes) is 2. The van der Waals surface area contributed by atoms with Gasteiger partial charge < -0.3 is 32.2 Å². The van der Waals surface area contributed by atoms with E-state index in [-0.39, 0.29) is 0 Å². The Balaban J connectivity index is 6.38. The molecule has 0 amide bonds. The van der Waals surface area contributed by atoms with E-state index in [1.165, 1.54) is 0 Å². The van der Waals surface area contributed by atoms with E-state index in [2.05, 4.69) is 20.8 Å². The summed E-state index contributed by atoms with van der Waals surface area (Å²) in [6.07, 6.45) is 4.54. The van der Waals surface area contributed by atoms with Crippen LogP contribution in [0.2, 0.25) is 0 Å². The van der Waals surface area contributed by atoms with Gasteiger partial charge in [-0.3, -0.25) is 0 Å². The van der Waals surface area contributed by atoms with Gasteiger partial charge >= 0.3 is 8.80 Å². The second kappa shape index (κ2) is 17.5. The van der Waals surface area contributed by atoms with Crippen molar-refractivity contribution in [1.29, 1.82) is 0 Å². The van der Waals surface area contributed by atoms with Crippen LogP contribution in [0.15, 0.2) is 0 Å². The largest absolute Gasteiger partial charge is 0.566 e. The lowest BCUT2D eigenvalue weighted by molar-refractivity contribution is -0.325. The topological polar surface area (TPSA) is 64.6 Å². The minimum absolute atomic E-state index is 0.418. The fourth-order valence-corrected chi connectivity index (χ4v) is 6.32. The Kier molecular flexibility index (Phi) is 17.5. The predicted octanol–water partition coefficient (Wildman–Crippen LogP) is 5.08.